The third-order valence-electron chi connectivity index (χ3n) is 1.51. The first-order valence-corrected chi connectivity index (χ1v) is 6.48. The Balaban J connectivity index is 2.43. The average Bonchev–Trinajstić information content (AvgIpc) is 2.60. The van der Waals surface area contributed by atoms with E-state index in [9.17, 15) is 4.79 Å². The van der Waals surface area contributed by atoms with E-state index in [2.05, 4.69) is 40.5 Å². The number of carbonyl (C=O) groups is 1. The Morgan fingerprint density at radius 1 is 1.71 bits per heavy atom. The SMILES string of the molecule is O=C(NCC(O)CS)c1ccc(I)s1. The number of amides is 1. The Hall–Kier alpha value is 0.210. The standard InChI is InChI=1S/C8H10INO2S2/c9-7-2-1-6(14-7)8(12)10-3-5(11)4-13/h1-2,5,11,13H,3-4H2,(H,10,12). The summed E-state index contributed by atoms with van der Waals surface area (Å²) < 4.78 is 1.07. The van der Waals surface area contributed by atoms with Crippen LogP contribution in [0, 0.1) is 2.88 Å². The quantitative estimate of drug-likeness (QED) is 0.571. The highest BCUT2D eigenvalue weighted by molar-refractivity contribution is 14.1. The smallest absolute Gasteiger partial charge is 0.261 e. The summed E-state index contributed by atoms with van der Waals surface area (Å²) in [5, 5.41) is 11.8. The second kappa shape index (κ2) is 5.94. The highest BCUT2D eigenvalue weighted by Crippen LogP contribution is 2.17. The van der Waals surface area contributed by atoms with Crippen molar-refractivity contribution in [3.63, 3.8) is 0 Å². The first-order chi connectivity index (χ1) is 6.63. The Morgan fingerprint density at radius 2 is 2.43 bits per heavy atom. The summed E-state index contributed by atoms with van der Waals surface area (Å²) in [4.78, 5) is 12.1. The average molecular weight is 343 g/mol. The van der Waals surface area contributed by atoms with E-state index in [1.807, 2.05) is 6.07 Å². The molecular formula is C8H10INO2S2. The molecule has 1 heterocycles. The van der Waals surface area contributed by atoms with Crippen molar-refractivity contribution >= 4 is 52.5 Å². The number of nitrogens with one attached hydrogen (secondary N) is 1. The van der Waals surface area contributed by atoms with Crippen LogP contribution in [-0.4, -0.2) is 29.4 Å². The third-order valence-corrected chi connectivity index (χ3v) is 3.82. The number of hydrogen-bond donors (Lipinski definition) is 3. The number of aliphatic hydroxyl groups excluding tert-OH is 1. The molecule has 0 spiro atoms. The minimum Gasteiger partial charge on any atom is -0.390 e. The maximum absolute atomic E-state index is 11.4. The van der Waals surface area contributed by atoms with Crippen molar-refractivity contribution in [1.29, 1.82) is 0 Å². The lowest BCUT2D eigenvalue weighted by atomic mass is 10.4. The molecule has 0 saturated carbocycles. The molecule has 3 nitrogen and oxygen atoms in total. The molecule has 6 heteroatoms. The Labute approximate surface area is 105 Å². The van der Waals surface area contributed by atoms with E-state index in [-0.39, 0.29) is 12.5 Å². The van der Waals surface area contributed by atoms with Crippen LogP contribution in [0.5, 0.6) is 0 Å². The van der Waals surface area contributed by atoms with E-state index in [1.165, 1.54) is 11.3 Å². The summed E-state index contributed by atoms with van der Waals surface area (Å²) in [7, 11) is 0. The van der Waals surface area contributed by atoms with Crippen molar-refractivity contribution < 1.29 is 9.90 Å². The second-order valence-electron chi connectivity index (χ2n) is 2.65. The van der Waals surface area contributed by atoms with Crippen molar-refractivity contribution in [2.45, 2.75) is 6.10 Å². The summed E-state index contributed by atoms with van der Waals surface area (Å²) in [5.74, 6) is 0.209. The van der Waals surface area contributed by atoms with Crippen molar-refractivity contribution in [2.75, 3.05) is 12.3 Å². The molecule has 0 aliphatic heterocycles. The maximum Gasteiger partial charge on any atom is 0.261 e. The molecule has 0 saturated heterocycles. The van der Waals surface area contributed by atoms with Gasteiger partial charge in [-0.3, -0.25) is 4.79 Å². The van der Waals surface area contributed by atoms with Crippen LogP contribution < -0.4 is 5.32 Å². The van der Waals surface area contributed by atoms with E-state index in [1.54, 1.807) is 6.07 Å². The number of thiophene rings is 1. The Kier molecular flexibility index (Phi) is 5.21. The molecule has 1 rings (SSSR count). The van der Waals surface area contributed by atoms with Gasteiger partial charge in [-0.2, -0.15) is 12.6 Å². The van der Waals surface area contributed by atoms with Crippen LogP contribution in [0.3, 0.4) is 0 Å². The fraction of sp³-hybridized carbons (Fsp3) is 0.375. The molecule has 0 aliphatic rings. The number of hydrogen-bond acceptors (Lipinski definition) is 4. The van der Waals surface area contributed by atoms with Gasteiger partial charge >= 0.3 is 0 Å². The number of thiol groups is 1. The lowest BCUT2D eigenvalue weighted by Gasteiger charge is -2.07. The van der Waals surface area contributed by atoms with E-state index < -0.39 is 6.10 Å². The van der Waals surface area contributed by atoms with Gasteiger partial charge in [0.05, 0.1) is 13.9 Å². The Morgan fingerprint density at radius 3 is 2.93 bits per heavy atom. The van der Waals surface area contributed by atoms with Gasteiger partial charge in [-0.1, -0.05) is 0 Å². The fourth-order valence-corrected chi connectivity index (χ4v) is 2.47. The van der Waals surface area contributed by atoms with Gasteiger partial charge < -0.3 is 10.4 Å². The monoisotopic (exact) mass is 343 g/mol. The summed E-state index contributed by atoms with van der Waals surface area (Å²) in [6.45, 7) is 0.247. The van der Waals surface area contributed by atoms with Crippen LogP contribution in [0.2, 0.25) is 0 Å². The molecule has 14 heavy (non-hydrogen) atoms. The van der Waals surface area contributed by atoms with Crippen LogP contribution >= 0.6 is 46.6 Å². The first-order valence-electron chi connectivity index (χ1n) is 3.96. The van der Waals surface area contributed by atoms with E-state index in [0.717, 1.165) is 2.88 Å². The van der Waals surface area contributed by atoms with Crippen LogP contribution in [0.1, 0.15) is 9.67 Å². The molecular weight excluding hydrogens is 333 g/mol. The van der Waals surface area contributed by atoms with Gasteiger partial charge in [-0.15, -0.1) is 11.3 Å². The van der Waals surface area contributed by atoms with Crippen molar-refractivity contribution in [1.82, 2.24) is 5.32 Å². The number of carbonyl (C=O) groups excluding carboxylic acids is 1. The second-order valence-corrected chi connectivity index (χ2v) is 5.99. The molecule has 2 N–H and O–H groups in total. The molecule has 0 fully saturated rings. The lowest BCUT2D eigenvalue weighted by Crippen LogP contribution is -2.32. The zero-order valence-electron chi connectivity index (χ0n) is 7.24. The number of halogens is 1. The summed E-state index contributed by atoms with van der Waals surface area (Å²) in [6.07, 6.45) is -0.582. The lowest BCUT2D eigenvalue weighted by molar-refractivity contribution is 0.0930. The van der Waals surface area contributed by atoms with Gasteiger partial charge in [0, 0.05) is 12.3 Å². The van der Waals surface area contributed by atoms with E-state index in [0.29, 0.717) is 10.6 Å². The van der Waals surface area contributed by atoms with Gasteiger partial charge in [-0.25, -0.2) is 0 Å². The predicted octanol–water partition coefficient (Wildman–Crippen LogP) is 1.37. The molecule has 0 aliphatic carbocycles. The minimum atomic E-state index is -0.582. The van der Waals surface area contributed by atoms with Crippen molar-refractivity contribution in [2.24, 2.45) is 0 Å². The van der Waals surface area contributed by atoms with E-state index in [4.69, 9.17) is 5.11 Å². The van der Waals surface area contributed by atoms with Gasteiger partial charge in [0.2, 0.25) is 0 Å². The highest BCUT2D eigenvalue weighted by atomic mass is 127. The molecule has 0 radical (unpaired) electrons. The zero-order chi connectivity index (χ0) is 10.6. The number of aliphatic hydroxyl groups is 1. The fourth-order valence-electron chi connectivity index (χ4n) is 0.799. The zero-order valence-corrected chi connectivity index (χ0v) is 11.1. The summed E-state index contributed by atoms with van der Waals surface area (Å²) >= 11 is 7.50. The molecule has 0 bridgehead atoms. The van der Waals surface area contributed by atoms with Gasteiger partial charge in [-0.05, 0) is 34.7 Å². The minimum absolute atomic E-state index is 0.140. The predicted molar refractivity (Wildman–Crippen MR) is 69.2 cm³/mol. The summed E-state index contributed by atoms with van der Waals surface area (Å²) in [5.41, 5.74) is 0. The topological polar surface area (TPSA) is 49.3 Å². The molecule has 1 aromatic heterocycles. The van der Waals surface area contributed by atoms with Gasteiger partial charge in [0.25, 0.3) is 5.91 Å². The summed E-state index contributed by atoms with van der Waals surface area (Å²) in [6, 6.07) is 3.66. The molecule has 1 atom stereocenters. The Bertz CT molecular complexity index is 316. The third kappa shape index (κ3) is 3.76. The maximum atomic E-state index is 11.4. The van der Waals surface area contributed by atoms with Gasteiger partial charge in [0.1, 0.15) is 0 Å². The van der Waals surface area contributed by atoms with Crippen LogP contribution in [0.15, 0.2) is 12.1 Å². The van der Waals surface area contributed by atoms with Crippen LogP contribution in [-0.2, 0) is 0 Å². The van der Waals surface area contributed by atoms with Crippen molar-refractivity contribution in [3.05, 3.63) is 19.9 Å². The normalized spacial score (nSPS) is 12.5. The highest BCUT2D eigenvalue weighted by Gasteiger charge is 2.09. The molecule has 0 aromatic carbocycles. The van der Waals surface area contributed by atoms with Crippen molar-refractivity contribution in [3.8, 4) is 0 Å². The van der Waals surface area contributed by atoms with Crippen LogP contribution in [0.4, 0.5) is 0 Å². The molecule has 1 aromatic rings. The first kappa shape index (κ1) is 12.3. The number of rotatable bonds is 4. The molecule has 78 valence electrons. The molecule has 1 unspecified atom stereocenters. The largest absolute Gasteiger partial charge is 0.390 e. The molecule has 1 amide bonds. The van der Waals surface area contributed by atoms with Gasteiger partial charge in [0.15, 0.2) is 0 Å². The van der Waals surface area contributed by atoms with E-state index >= 15 is 0 Å². The van der Waals surface area contributed by atoms with Crippen LogP contribution in [0.25, 0.3) is 0 Å².